The van der Waals surface area contributed by atoms with Crippen molar-refractivity contribution in [3.63, 3.8) is 0 Å². The highest BCUT2D eigenvalue weighted by molar-refractivity contribution is 6.30. The standard InChI is InChI=1S/C18H19ClN4/c1-13-21-22-17(23(13)2)12-20-18(14-7-4-3-5-8-14)15-9-6-10-16(19)11-15/h3-11,18,20H,12H2,1-2H3/t18-/m0/s1. The third-order valence-electron chi connectivity index (χ3n) is 3.96. The van der Waals surface area contributed by atoms with Crippen molar-refractivity contribution in [3.8, 4) is 0 Å². The first-order valence-electron chi connectivity index (χ1n) is 7.54. The quantitative estimate of drug-likeness (QED) is 0.778. The monoisotopic (exact) mass is 326 g/mol. The molecule has 0 fully saturated rings. The summed E-state index contributed by atoms with van der Waals surface area (Å²) in [5.41, 5.74) is 2.32. The van der Waals surface area contributed by atoms with Crippen LogP contribution in [-0.4, -0.2) is 14.8 Å². The van der Waals surface area contributed by atoms with Gasteiger partial charge in [-0.05, 0) is 30.2 Å². The fraction of sp³-hybridized carbons (Fsp3) is 0.222. The van der Waals surface area contributed by atoms with Gasteiger partial charge in [0.25, 0.3) is 0 Å². The van der Waals surface area contributed by atoms with Crippen molar-refractivity contribution in [2.45, 2.75) is 19.5 Å². The molecule has 1 aromatic heterocycles. The number of nitrogens with zero attached hydrogens (tertiary/aromatic N) is 3. The zero-order valence-electron chi connectivity index (χ0n) is 13.2. The maximum atomic E-state index is 6.17. The Morgan fingerprint density at radius 1 is 1.04 bits per heavy atom. The maximum absolute atomic E-state index is 6.17. The van der Waals surface area contributed by atoms with Crippen LogP contribution in [0.2, 0.25) is 5.02 Å². The molecule has 1 N–H and O–H groups in total. The largest absolute Gasteiger partial charge is 0.317 e. The number of hydrogen-bond acceptors (Lipinski definition) is 3. The Kier molecular flexibility index (Phi) is 4.74. The van der Waals surface area contributed by atoms with Gasteiger partial charge in [0, 0.05) is 12.1 Å². The lowest BCUT2D eigenvalue weighted by Crippen LogP contribution is -2.23. The first kappa shape index (κ1) is 15.7. The zero-order chi connectivity index (χ0) is 16.2. The Balaban J connectivity index is 1.88. The molecule has 0 aliphatic carbocycles. The number of hydrogen-bond donors (Lipinski definition) is 1. The van der Waals surface area contributed by atoms with E-state index in [1.807, 2.05) is 54.9 Å². The molecule has 2 aromatic carbocycles. The molecule has 1 atom stereocenters. The number of nitrogens with one attached hydrogen (secondary N) is 1. The number of aryl methyl sites for hydroxylation is 1. The van der Waals surface area contributed by atoms with Gasteiger partial charge in [-0.15, -0.1) is 10.2 Å². The SMILES string of the molecule is Cc1nnc(CN[C@@H](c2ccccc2)c2cccc(Cl)c2)n1C. The van der Waals surface area contributed by atoms with Crippen LogP contribution < -0.4 is 5.32 Å². The highest BCUT2D eigenvalue weighted by Gasteiger charge is 2.15. The van der Waals surface area contributed by atoms with Gasteiger partial charge >= 0.3 is 0 Å². The third kappa shape index (κ3) is 3.60. The van der Waals surface area contributed by atoms with Crippen LogP contribution in [0, 0.1) is 6.92 Å². The Morgan fingerprint density at radius 3 is 2.43 bits per heavy atom. The van der Waals surface area contributed by atoms with E-state index in [0.717, 1.165) is 22.2 Å². The molecule has 3 rings (SSSR count). The van der Waals surface area contributed by atoms with E-state index in [2.05, 4.69) is 33.7 Å². The lowest BCUT2D eigenvalue weighted by Gasteiger charge is -2.20. The van der Waals surface area contributed by atoms with Crippen LogP contribution in [-0.2, 0) is 13.6 Å². The minimum Gasteiger partial charge on any atom is -0.317 e. The minimum absolute atomic E-state index is 0.0481. The fourth-order valence-electron chi connectivity index (χ4n) is 2.56. The molecule has 0 aliphatic heterocycles. The summed E-state index contributed by atoms with van der Waals surface area (Å²) in [7, 11) is 1.98. The molecule has 1 heterocycles. The van der Waals surface area contributed by atoms with Gasteiger partial charge in [0.1, 0.15) is 11.6 Å². The molecule has 3 aromatic rings. The van der Waals surface area contributed by atoms with Gasteiger partial charge in [0.05, 0.1) is 12.6 Å². The summed E-state index contributed by atoms with van der Waals surface area (Å²) in [5, 5.41) is 12.6. The van der Waals surface area contributed by atoms with E-state index < -0.39 is 0 Å². The first-order valence-corrected chi connectivity index (χ1v) is 7.91. The van der Waals surface area contributed by atoms with Crippen LogP contribution in [0.1, 0.15) is 28.8 Å². The molecule has 0 saturated carbocycles. The predicted molar refractivity (Wildman–Crippen MR) is 92.3 cm³/mol. The van der Waals surface area contributed by atoms with E-state index in [0.29, 0.717) is 6.54 Å². The summed E-state index contributed by atoms with van der Waals surface area (Å²) >= 11 is 6.17. The smallest absolute Gasteiger partial charge is 0.146 e. The van der Waals surface area contributed by atoms with Gasteiger partial charge in [0.2, 0.25) is 0 Å². The Bertz CT molecular complexity index is 783. The number of rotatable bonds is 5. The summed E-state index contributed by atoms with van der Waals surface area (Å²) in [6, 6.07) is 18.3. The van der Waals surface area contributed by atoms with Gasteiger partial charge in [-0.3, -0.25) is 5.32 Å². The van der Waals surface area contributed by atoms with Crippen molar-refractivity contribution < 1.29 is 0 Å². The minimum atomic E-state index is 0.0481. The van der Waals surface area contributed by atoms with E-state index in [-0.39, 0.29) is 6.04 Å². The molecular formula is C18H19ClN4. The van der Waals surface area contributed by atoms with Crippen LogP contribution in [0.4, 0.5) is 0 Å². The highest BCUT2D eigenvalue weighted by Crippen LogP contribution is 2.24. The Hall–Kier alpha value is -2.17. The second kappa shape index (κ2) is 6.94. The molecule has 0 radical (unpaired) electrons. The highest BCUT2D eigenvalue weighted by atomic mass is 35.5. The molecule has 0 saturated heterocycles. The van der Waals surface area contributed by atoms with Crippen LogP contribution in [0.15, 0.2) is 54.6 Å². The van der Waals surface area contributed by atoms with Gasteiger partial charge < -0.3 is 4.57 Å². The molecule has 0 aliphatic rings. The molecule has 118 valence electrons. The third-order valence-corrected chi connectivity index (χ3v) is 4.20. The van der Waals surface area contributed by atoms with Crippen molar-refractivity contribution in [1.29, 1.82) is 0 Å². The summed E-state index contributed by atoms with van der Waals surface area (Å²) < 4.78 is 1.99. The normalized spacial score (nSPS) is 12.3. The maximum Gasteiger partial charge on any atom is 0.146 e. The lowest BCUT2D eigenvalue weighted by atomic mass is 9.99. The molecular weight excluding hydrogens is 308 g/mol. The lowest BCUT2D eigenvalue weighted by molar-refractivity contribution is 0.572. The van der Waals surface area contributed by atoms with Crippen molar-refractivity contribution in [2.75, 3.05) is 0 Å². The average molecular weight is 327 g/mol. The van der Waals surface area contributed by atoms with Crippen molar-refractivity contribution in [2.24, 2.45) is 7.05 Å². The molecule has 0 unspecified atom stereocenters. The van der Waals surface area contributed by atoms with Crippen molar-refractivity contribution >= 4 is 11.6 Å². The van der Waals surface area contributed by atoms with E-state index >= 15 is 0 Å². The fourth-order valence-corrected chi connectivity index (χ4v) is 2.76. The van der Waals surface area contributed by atoms with Crippen LogP contribution in [0.3, 0.4) is 0 Å². The molecule has 0 bridgehead atoms. The molecule has 0 amide bonds. The molecule has 23 heavy (non-hydrogen) atoms. The molecule has 4 nitrogen and oxygen atoms in total. The summed E-state index contributed by atoms with van der Waals surface area (Å²) in [4.78, 5) is 0. The summed E-state index contributed by atoms with van der Waals surface area (Å²) in [6.07, 6.45) is 0. The van der Waals surface area contributed by atoms with E-state index in [9.17, 15) is 0 Å². The number of aromatic nitrogens is 3. The van der Waals surface area contributed by atoms with E-state index in [4.69, 9.17) is 11.6 Å². The predicted octanol–water partition coefficient (Wildman–Crippen LogP) is 3.66. The molecule has 5 heteroatoms. The van der Waals surface area contributed by atoms with Gasteiger partial charge in [-0.1, -0.05) is 54.1 Å². The van der Waals surface area contributed by atoms with Crippen LogP contribution >= 0.6 is 11.6 Å². The topological polar surface area (TPSA) is 42.7 Å². The van der Waals surface area contributed by atoms with Crippen molar-refractivity contribution in [3.05, 3.63) is 82.4 Å². The Labute approximate surface area is 141 Å². The molecule has 0 spiro atoms. The van der Waals surface area contributed by atoms with Gasteiger partial charge in [-0.25, -0.2) is 0 Å². The first-order chi connectivity index (χ1) is 11.1. The average Bonchev–Trinajstić information content (AvgIpc) is 2.88. The second-order valence-corrected chi connectivity index (χ2v) is 5.94. The zero-order valence-corrected chi connectivity index (χ0v) is 14.0. The number of benzene rings is 2. The van der Waals surface area contributed by atoms with E-state index in [1.54, 1.807) is 0 Å². The van der Waals surface area contributed by atoms with Crippen LogP contribution in [0.5, 0.6) is 0 Å². The number of halogens is 1. The summed E-state index contributed by atoms with van der Waals surface area (Å²) in [5.74, 6) is 1.81. The Morgan fingerprint density at radius 2 is 1.78 bits per heavy atom. The second-order valence-electron chi connectivity index (χ2n) is 5.50. The van der Waals surface area contributed by atoms with Gasteiger partial charge in [-0.2, -0.15) is 0 Å². The summed E-state index contributed by atoms with van der Waals surface area (Å²) in [6.45, 7) is 2.57. The van der Waals surface area contributed by atoms with Crippen molar-refractivity contribution in [1.82, 2.24) is 20.1 Å². The van der Waals surface area contributed by atoms with E-state index in [1.165, 1.54) is 5.56 Å². The van der Waals surface area contributed by atoms with Crippen LogP contribution in [0.25, 0.3) is 0 Å². The van der Waals surface area contributed by atoms with Gasteiger partial charge in [0.15, 0.2) is 0 Å².